The minimum atomic E-state index is -1.13. The Morgan fingerprint density at radius 3 is 2.16 bits per heavy atom. The Balaban J connectivity index is 1.84. The number of fused-ring (bicyclic) bond motifs is 1. The molecule has 0 amide bonds. The third-order valence-corrected chi connectivity index (χ3v) is 5.23. The van der Waals surface area contributed by atoms with Gasteiger partial charge in [-0.05, 0) is 16.7 Å². The number of benzene rings is 3. The number of nitrogens with zero attached hydrogens (tertiary/aromatic N) is 2. The van der Waals surface area contributed by atoms with Gasteiger partial charge in [-0.25, -0.2) is 4.98 Å². The molecular formula is C26H18N2O4. The van der Waals surface area contributed by atoms with Crippen LogP contribution >= 0.6 is 0 Å². The largest absolute Gasteiger partial charge is 0.504 e. The van der Waals surface area contributed by atoms with Gasteiger partial charge in [0, 0.05) is 17.4 Å². The zero-order valence-corrected chi connectivity index (χ0v) is 16.9. The molecule has 0 aliphatic heterocycles. The number of aromatic hydroxyl groups is 1. The zero-order chi connectivity index (χ0) is 22.7. The highest BCUT2D eigenvalue weighted by Gasteiger charge is 2.22. The Bertz CT molecular complexity index is 1370. The summed E-state index contributed by atoms with van der Waals surface area (Å²) >= 11 is 0. The summed E-state index contributed by atoms with van der Waals surface area (Å²) in [5, 5.41) is 29.4. The molecule has 0 unspecified atom stereocenters. The summed E-state index contributed by atoms with van der Waals surface area (Å²) in [5.41, 5.74) is 3.71. The van der Waals surface area contributed by atoms with Gasteiger partial charge in [-0.15, -0.1) is 0 Å². The van der Waals surface area contributed by atoms with Crippen LogP contribution in [-0.2, 0) is 4.79 Å². The molecule has 156 valence electrons. The number of hydrogen-bond acceptors (Lipinski definition) is 5. The lowest BCUT2D eigenvalue weighted by Crippen LogP contribution is -2.08. The molecule has 0 bridgehead atoms. The van der Waals surface area contributed by atoms with Gasteiger partial charge in [-0.2, -0.15) is 5.26 Å². The molecule has 3 aromatic carbocycles. The first kappa shape index (κ1) is 20.8. The van der Waals surface area contributed by atoms with Gasteiger partial charge >= 0.3 is 5.97 Å². The molecule has 2 N–H and O–H groups in total. The standard InChI is InChI=1S/C26H18N2O4/c27-15-21-20-8-4-7-19(18-11-9-17(10-12-18)16-5-2-1-3-6-16)24(20)28-25(26(21)32)22(29)13-14-23(30)31/h1-12,32H,13-14H2,(H,30,31). The maximum Gasteiger partial charge on any atom is 0.303 e. The summed E-state index contributed by atoms with van der Waals surface area (Å²) in [6, 6.07) is 25.0. The van der Waals surface area contributed by atoms with Gasteiger partial charge < -0.3 is 10.2 Å². The average molecular weight is 422 g/mol. The molecule has 0 spiro atoms. The van der Waals surface area contributed by atoms with Crippen molar-refractivity contribution in [3.05, 3.63) is 84.1 Å². The van der Waals surface area contributed by atoms with Gasteiger partial charge in [0.15, 0.2) is 11.5 Å². The van der Waals surface area contributed by atoms with Crippen molar-refractivity contribution in [2.75, 3.05) is 0 Å². The van der Waals surface area contributed by atoms with Crippen molar-refractivity contribution in [2.45, 2.75) is 12.8 Å². The van der Waals surface area contributed by atoms with Crippen LogP contribution in [0.5, 0.6) is 5.75 Å². The lowest BCUT2D eigenvalue weighted by atomic mass is 9.96. The predicted molar refractivity (Wildman–Crippen MR) is 120 cm³/mol. The summed E-state index contributed by atoms with van der Waals surface area (Å²) in [5.74, 6) is -2.28. The number of carboxylic acid groups (broad SMARTS) is 1. The molecule has 1 aromatic heterocycles. The van der Waals surface area contributed by atoms with E-state index < -0.39 is 17.5 Å². The smallest absolute Gasteiger partial charge is 0.303 e. The molecule has 1 heterocycles. The van der Waals surface area contributed by atoms with Crippen molar-refractivity contribution in [3.63, 3.8) is 0 Å². The summed E-state index contributed by atoms with van der Waals surface area (Å²) in [4.78, 5) is 27.7. The van der Waals surface area contributed by atoms with E-state index in [0.29, 0.717) is 16.5 Å². The van der Waals surface area contributed by atoms with Gasteiger partial charge in [-0.1, -0.05) is 72.8 Å². The number of carboxylic acids is 1. The maximum absolute atomic E-state index is 12.5. The molecule has 0 atom stereocenters. The summed E-state index contributed by atoms with van der Waals surface area (Å²) in [6.45, 7) is 0. The number of Topliss-reactive ketones (excluding diaryl/α,β-unsaturated/α-hetero) is 1. The fourth-order valence-electron chi connectivity index (χ4n) is 3.63. The van der Waals surface area contributed by atoms with E-state index in [4.69, 9.17) is 5.11 Å². The van der Waals surface area contributed by atoms with Crippen LogP contribution in [0.25, 0.3) is 33.2 Å². The summed E-state index contributed by atoms with van der Waals surface area (Å²) in [6.07, 6.45) is -0.706. The molecule has 4 aromatic rings. The molecular weight excluding hydrogens is 404 g/mol. The zero-order valence-electron chi connectivity index (χ0n) is 16.9. The monoisotopic (exact) mass is 422 g/mol. The molecule has 0 saturated carbocycles. The first-order chi connectivity index (χ1) is 15.5. The number of pyridine rings is 1. The van der Waals surface area contributed by atoms with Crippen molar-refractivity contribution < 1.29 is 19.8 Å². The minimum Gasteiger partial charge on any atom is -0.504 e. The van der Waals surface area contributed by atoms with Gasteiger partial charge in [0.1, 0.15) is 17.3 Å². The molecule has 0 saturated heterocycles. The van der Waals surface area contributed by atoms with Crippen LogP contribution < -0.4 is 0 Å². The molecule has 0 fully saturated rings. The van der Waals surface area contributed by atoms with E-state index in [2.05, 4.69) is 4.98 Å². The van der Waals surface area contributed by atoms with Crippen LogP contribution in [0.4, 0.5) is 0 Å². The van der Waals surface area contributed by atoms with Crippen molar-refractivity contribution in [1.82, 2.24) is 4.98 Å². The number of para-hydroxylation sites is 1. The van der Waals surface area contributed by atoms with Crippen LogP contribution in [0.3, 0.4) is 0 Å². The second-order valence-corrected chi connectivity index (χ2v) is 7.26. The number of aromatic nitrogens is 1. The van der Waals surface area contributed by atoms with E-state index >= 15 is 0 Å². The molecule has 32 heavy (non-hydrogen) atoms. The quantitative estimate of drug-likeness (QED) is 0.414. The van der Waals surface area contributed by atoms with E-state index in [-0.39, 0.29) is 24.1 Å². The number of nitriles is 1. The van der Waals surface area contributed by atoms with E-state index in [1.807, 2.05) is 66.7 Å². The summed E-state index contributed by atoms with van der Waals surface area (Å²) < 4.78 is 0. The highest BCUT2D eigenvalue weighted by molar-refractivity contribution is 6.05. The number of ketones is 1. The SMILES string of the molecule is N#Cc1c(O)c(C(=O)CCC(=O)O)nc2c(-c3ccc(-c4ccccc4)cc3)cccc12. The number of rotatable bonds is 6. The predicted octanol–water partition coefficient (Wildman–Crippen LogP) is 5.19. The Morgan fingerprint density at radius 2 is 1.50 bits per heavy atom. The van der Waals surface area contributed by atoms with Crippen LogP contribution in [0.15, 0.2) is 72.8 Å². The highest BCUT2D eigenvalue weighted by atomic mass is 16.4. The van der Waals surface area contributed by atoms with Crippen LogP contribution in [-0.4, -0.2) is 26.9 Å². The lowest BCUT2D eigenvalue weighted by molar-refractivity contribution is -0.136. The summed E-state index contributed by atoms with van der Waals surface area (Å²) in [7, 11) is 0. The second-order valence-electron chi connectivity index (χ2n) is 7.26. The van der Waals surface area contributed by atoms with Crippen LogP contribution in [0, 0.1) is 11.3 Å². The highest BCUT2D eigenvalue weighted by Crippen LogP contribution is 2.35. The number of aliphatic carboxylic acids is 1. The first-order valence-electron chi connectivity index (χ1n) is 9.96. The van der Waals surface area contributed by atoms with Crippen LogP contribution in [0.2, 0.25) is 0 Å². The van der Waals surface area contributed by atoms with E-state index in [1.165, 1.54) is 0 Å². The van der Waals surface area contributed by atoms with Crippen molar-refractivity contribution in [3.8, 4) is 34.1 Å². The molecule has 0 aliphatic carbocycles. The van der Waals surface area contributed by atoms with Gasteiger partial charge in [0.05, 0.1) is 11.9 Å². The van der Waals surface area contributed by atoms with Gasteiger partial charge in [0.2, 0.25) is 0 Å². The van der Waals surface area contributed by atoms with Gasteiger partial charge in [0.25, 0.3) is 0 Å². The van der Waals surface area contributed by atoms with E-state index in [0.717, 1.165) is 16.7 Å². The number of carbonyl (C=O) groups excluding carboxylic acids is 1. The molecule has 0 aliphatic rings. The number of carbonyl (C=O) groups is 2. The Hall–Kier alpha value is -4.50. The van der Waals surface area contributed by atoms with E-state index in [9.17, 15) is 20.0 Å². The molecule has 6 heteroatoms. The fourth-order valence-corrected chi connectivity index (χ4v) is 3.63. The Kier molecular flexibility index (Phi) is 5.65. The fraction of sp³-hybridized carbons (Fsp3) is 0.0769. The minimum absolute atomic E-state index is 0.0589. The van der Waals surface area contributed by atoms with Crippen molar-refractivity contribution in [1.29, 1.82) is 5.26 Å². The van der Waals surface area contributed by atoms with Crippen molar-refractivity contribution in [2.24, 2.45) is 0 Å². The van der Waals surface area contributed by atoms with Crippen molar-refractivity contribution >= 4 is 22.7 Å². The lowest BCUT2D eigenvalue weighted by Gasteiger charge is -2.12. The molecule has 0 radical (unpaired) electrons. The Morgan fingerprint density at radius 1 is 0.844 bits per heavy atom. The third kappa shape index (κ3) is 3.92. The number of hydrogen-bond donors (Lipinski definition) is 2. The normalized spacial score (nSPS) is 10.6. The molecule has 4 rings (SSSR count). The topological polar surface area (TPSA) is 111 Å². The van der Waals surface area contributed by atoms with Crippen LogP contribution in [0.1, 0.15) is 28.9 Å². The second kappa shape index (κ2) is 8.70. The Labute approximate surface area is 184 Å². The third-order valence-electron chi connectivity index (χ3n) is 5.23. The molecule has 6 nitrogen and oxygen atoms in total. The average Bonchev–Trinajstić information content (AvgIpc) is 2.82. The maximum atomic E-state index is 12.5. The van der Waals surface area contributed by atoms with Gasteiger partial charge in [-0.3, -0.25) is 9.59 Å². The van der Waals surface area contributed by atoms with E-state index in [1.54, 1.807) is 12.1 Å². The first-order valence-corrected chi connectivity index (χ1v) is 9.96.